The van der Waals surface area contributed by atoms with Gasteiger partial charge in [0.25, 0.3) is 5.91 Å². The number of furan rings is 1. The second-order valence-electron chi connectivity index (χ2n) is 5.57. The maximum absolute atomic E-state index is 13.0. The van der Waals surface area contributed by atoms with Crippen molar-refractivity contribution in [1.29, 1.82) is 0 Å². The third-order valence-electron chi connectivity index (χ3n) is 3.86. The number of pyridine rings is 1. The van der Waals surface area contributed by atoms with E-state index in [1.54, 1.807) is 59.4 Å². The lowest BCUT2D eigenvalue weighted by Crippen LogP contribution is -2.22. The third kappa shape index (κ3) is 3.14. The smallest absolute Gasteiger partial charge is 0.253 e. The zero-order valence-corrected chi connectivity index (χ0v) is 13.1. The fourth-order valence-electron chi connectivity index (χ4n) is 2.57. The standard InChI is InChI=1S/C19H14FN3O2/c20-15-4-1-13(2-5-15)17-7-6-16(25-17)11-22-19(24)14-3-8-18-21-9-10-23(18)12-14/h1-10,12H,11H2,(H,22,24). The molecule has 0 bridgehead atoms. The van der Waals surface area contributed by atoms with E-state index in [9.17, 15) is 9.18 Å². The van der Waals surface area contributed by atoms with Crippen LogP contribution in [0.5, 0.6) is 0 Å². The number of nitrogens with zero attached hydrogens (tertiary/aromatic N) is 2. The molecule has 0 aliphatic heterocycles. The Kier molecular flexibility index (Phi) is 3.78. The molecule has 0 atom stereocenters. The molecule has 3 aromatic heterocycles. The van der Waals surface area contributed by atoms with Crippen molar-refractivity contribution in [2.45, 2.75) is 6.54 Å². The molecule has 0 saturated carbocycles. The highest BCUT2D eigenvalue weighted by molar-refractivity contribution is 5.94. The van der Waals surface area contributed by atoms with Crippen molar-refractivity contribution < 1.29 is 13.6 Å². The molecule has 0 aliphatic rings. The summed E-state index contributed by atoms with van der Waals surface area (Å²) in [5, 5.41) is 2.82. The first-order chi connectivity index (χ1) is 12.2. The third-order valence-corrected chi connectivity index (χ3v) is 3.86. The minimum atomic E-state index is -0.294. The maximum Gasteiger partial charge on any atom is 0.253 e. The number of rotatable bonds is 4. The highest BCUT2D eigenvalue weighted by atomic mass is 19.1. The second-order valence-corrected chi connectivity index (χ2v) is 5.57. The van der Waals surface area contributed by atoms with Crippen molar-refractivity contribution in [3.8, 4) is 11.3 Å². The minimum Gasteiger partial charge on any atom is -0.459 e. The predicted octanol–water partition coefficient (Wildman–Crippen LogP) is 3.66. The summed E-state index contributed by atoms with van der Waals surface area (Å²) in [6.07, 6.45) is 5.19. The minimum absolute atomic E-state index is 0.199. The molecule has 3 heterocycles. The molecular formula is C19H14FN3O2. The summed E-state index contributed by atoms with van der Waals surface area (Å²) < 4.78 is 20.5. The molecule has 0 fully saturated rings. The first-order valence-electron chi connectivity index (χ1n) is 7.75. The van der Waals surface area contributed by atoms with Crippen LogP contribution in [-0.4, -0.2) is 15.3 Å². The van der Waals surface area contributed by atoms with Crippen LogP contribution in [0.3, 0.4) is 0 Å². The molecule has 1 amide bonds. The van der Waals surface area contributed by atoms with Gasteiger partial charge in [-0.25, -0.2) is 9.37 Å². The van der Waals surface area contributed by atoms with Crippen molar-refractivity contribution >= 4 is 11.6 Å². The molecule has 0 spiro atoms. The zero-order chi connectivity index (χ0) is 17.2. The quantitative estimate of drug-likeness (QED) is 0.619. The van der Waals surface area contributed by atoms with E-state index < -0.39 is 0 Å². The summed E-state index contributed by atoms with van der Waals surface area (Å²) >= 11 is 0. The number of aromatic nitrogens is 2. The normalized spacial score (nSPS) is 10.9. The molecule has 0 radical (unpaired) electrons. The van der Waals surface area contributed by atoms with Crippen LogP contribution >= 0.6 is 0 Å². The largest absolute Gasteiger partial charge is 0.459 e. The molecule has 124 valence electrons. The topological polar surface area (TPSA) is 59.5 Å². The highest BCUT2D eigenvalue weighted by Gasteiger charge is 2.09. The van der Waals surface area contributed by atoms with Crippen LogP contribution in [0.1, 0.15) is 16.1 Å². The fraction of sp³-hybridized carbons (Fsp3) is 0.0526. The van der Waals surface area contributed by atoms with E-state index >= 15 is 0 Å². The Morgan fingerprint density at radius 2 is 1.96 bits per heavy atom. The summed E-state index contributed by atoms with van der Waals surface area (Å²) in [4.78, 5) is 16.4. The van der Waals surface area contributed by atoms with Crippen LogP contribution in [-0.2, 0) is 6.54 Å². The SMILES string of the molecule is O=C(NCc1ccc(-c2ccc(F)cc2)o1)c1ccc2nccn2c1. The summed E-state index contributed by atoms with van der Waals surface area (Å²) in [5.74, 6) is 0.758. The molecule has 0 saturated heterocycles. The van der Waals surface area contributed by atoms with Crippen LogP contribution in [0.25, 0.3) is 17.0 Å². The number of imidazole rings is 1. The Balaban J connectivity index is 1.44. The Bertz CT molecular complexity index is 1030. The van der Waals surface area contributed by atoms with Gasteiger partial charge in [0.2, 0.25) is 0 Å². The van der Waals surface area contributed by atoms with Crippen molar-refractivity contribution in [2.75, 3.05) is 0 Å². The van der Waals surface area contributed by atoms with E-state index in [-0.39, 0.29) is 18.3 Å². The average molecular weight is 335 g/mol. The van der Waals surface area contributed by atoms with E-state index in [4.69, 9.17) is 4.42 Å². The van der Waals surface area contributed by atoms with Gasteiger partial charge in [0.15, 0.2) is 0 Å². The van der Waals surface area contributed by atoms with Crippen molar-refractivity contribution in [3.63, 3.8) is 0 Å². The first kappa shape index (κ1) is 15.1. The monoisotopic (exact) mass is 335 g/mol. The lowest BCUT2D eigenvalue weighted by molar-refractivity contribution is 0.0947. The summed E-state index contributed by atoms with van der Waals surface area (Å²) in [7, 11) is 0. The summed E-state index contributed by atoms with van der Waals surface area (Å²) in [5.41, 5.74) is 2.10. The fourth-order valence-corrected chi connectivity index (χ4v) is 2.57. The van der Waals surface area contributed by atoms with Gasteiger partial charge in [0.1, 0.15) is 23.0 Å². The zero-order valence-electron chi connectivity index (χ0n) is 13.1. The lowest BCUT2D eigenvalue weighted by atomic mass is 10.2. The first-order valence-corrected chi connectivity index (χ1v) is 7.75. The Hall–Kier alpha value is -3.41. The Morgan fingerprint density at radius 3 is 2.80 bits per heavy atom. The van der Waals surface area contributed by atoms with E-state index in [0.29, 0.717) is 17.1 Å². The lowest BCUT2D eigenvalue weighted by Gasteiger charge is -2.04. The van der Waals surface area contributed by atoms with Crippen LogP contribution in [0, 0.1) is 5.82 Å². The molecule has 6 heteroatoms. The number of hydrogen-bond donors (Lipinski definition) is 1. The molecular weight excluding hydrogens is 321 g/mol. The van der Waals surface area contributed by atoms with Gasteiger partial charge in [-0.05, 0) is 48.5 Å². The van der Waals surface area contributed by atoms with Crippen molar-refractivity contribution in [3.05, 3.63) is 84.3 Å². The van der Waals surface area contributed by atoms with Gasteiger partial charge in [-0.15, -0.1) is 0 Å². The number of nitrogens with one attached hydrogen (secondary N) is 1. The van der Waals surface area contributed by atoms with E-state index in [2.05, 4.69) is 10.3 Å². The highest BCUT2D eigenvalue weighted by Crippen LogP contribution is 2.22. The summed E-state index contributed by atoms with van der Waals surface area (Å²) in [6, 6.07) is 13.2. The van der Waals surface area contributed by atoms with Gasteiger partial charge in [-0.3, -0.25) is 4.79 Å². The number of benzene rings is 1. The molecule has 25 heavy (non-hydrogen) atoms. The Morgan fingerprint density at radius 1 is 1.12 bits per heavy atom. The number of halogens is 1. The van der Waals surface area contributed by atoms with Gasteiger partial charge < -0.3 is 14.1 Å². The molecule has 5 nitrogen and oxygen atoms in total. The molecule has 0 aliphatic carbocycles. The van der Waals surface area contributed by atoms with Crippen LogP contribution in [0.2, 0.25) is 0 Å². The maximum atomic E-state index is 13.0. The molecule has 1 N–H and O–H groups in total. The molecule has 4 aromatic rings. The van der Waals surface area contributed by atoms with Crippen LogP contribution in [0.4, 0.5) is 4.39 Å². The van der Waals surface area contributed by atoms with Crippen LogP contribution in [0.15, 0.2) is 71.5 Å². The van der Waals surface area contributed by atoms with Crippen molar-refractivity contribution in [1.82, 2.24) is 14.7 Å². The molecule has 0 unspecified atom stereocenters. The number of carbonyl (C=O) groups is 1. The predicted molar refractivity (Wildman–Crippen MR) is 90.5 cm³/mol. The van der Waals surface area contributed by atoms with Gasteiger partial charge in [-0.1, -0.05) is 0 Å². The van der Waals surface area contributed by atoms with Gasteiger partial charge in [0.05, 0.1) is 12.1 Å². The van der Waals surface area contributed by atoms with Crippen molar-refractivity contribution in [2.24, 2.45) is 0 Å². The second kappa shape index (κ2) is 6.24. The molecule has 1 aromatic carbocycles. The number of amides is 1. The number of carbonyl (C=O) groups excluding carboxylic acids is 1. The van der Waals surface area contributed by atoms with Gasteiger partial charge in [-0.2, -0.15) is 0 Å². The molecule has 4 rings (SSSR count). The van der Waals surface area contributed by atoms with E-state index in [0.717, 1.165) is 11.2 Å². The van der Waals surface area contributed by atoms with Gasteiger partial charge >= 0.3 is 0 Å². The summed E-state index contributed by atoms with van der Waals surface area (Å²) in [6.45, 7) is 0.266. The average Bonchev–Trinajstić information content (AvgIpc) is 3.29. The Labute approximate surface area is 142 Å². The number of hydrogen-bond acceptors (Lipinski definition) is 3. The van der Waals surface area contributed by atoms with E-state index in [1.807, 2.05) is 0 Å². The van der Waals surface area contributed by atoms with E-state index in [1.165, 1.54) is 12.1 Å². The van der Waals surface area contributed by atoms with Gasteiger partial charge in [0, 0.05) is 24.2 Å². The van der Waals surface area contributed by atoms with Crippen LogP contribution < -0.4 is 5.32 Å². The number of fused-ring (bicyclic) bond motifs is 1.